The number of nitrogens with one attached hydrogen (secondary N) is 1. The maximum absolute atomic E-state index is 12.5. The second kappa shape index (κ2) is 8.19. The van der Waals surface area contributed by atoms with E-state index in [4.69, 9.17) is 0 Å². The molecule has 1 amide bonds. The van der Waals surface area contributed by atoms with Crippen LogP contribution in [0.15, 0.2) is 77.6 Å². The lowest BCUT2D eigenvalue weighted by molar-refractivity contribution is -0.384. The second-order valence-corrected chi connectivity index (χ2v) is 7.05. The summed E-state index contributed by atoms with van der Waals surface area (Å²) in [5, 5.41) is 20.0. The van der Waals surface area contributed by atoms with Gasteiger partial charge in [-0.1, -0.05) is 42.5 Å². The molecule has 4 rings (SSSR count). The van der Waals surface area contributed by atoms with E-state index in [9.17, 15) is 19.7 Å². The van der Waals surface area contributed by atoms with Gasteiger partial charge in [-0.05, 0) is 35.4 Å². The van der Waals surface area contributed by atoms with Crippen LogP contribution < -0.4 is 10.9 Å². The first-order chi connectivity index (χ1) is 14.9. The lowest BCUT2D eigenvalue weighted by Gasteiger charge is -2.11. The molecule has 0 bridgehead atoms. The molecular formula is C23H18N4O4. The molecule has 0 aliphatic carbocycles. The molecular weight excluding hydrogens is 396 g/mol. The van der Waals surface area contributed by atoms with Crippen LogP contribution in [0.1, 0.15) is 5.56 Å². The number of nitro groups is 1. The van der Waals surface area contributed by atoms with Crippen molar-refractivity contribution >= 4 is 28.1 Å². The molecule has 31 heavy (non-hydrogen) atoms. The molecule has 1 heterocycles. The summed E-state index contributed by atoms with van der Waals surface area (Å²) in [5.41, 5.74) is 1.96. The Morgan fingerprint density at radius 2 is 1.84 bits per heavy atom. The van der Waals surface area contributed by atoms with Gasteiger partial charge in [-0.25, -0.2) is 4.68 Å². The summed E-state index contributed by atoms with van der Waals surface area (Å²) in [7, 11) is 0. The number of hydrogen-bond donors (Lipinski definition) is 1. The van der Waals surface area contributed by atoms with E-state index < -0.39 is 16.4 Å². The standard InChI is InChI=1S/C23H18N4O4/c1-15-13-17(27(30)31)9-10-20(15)24-22(28)14-26-23(29)12-11-21(25-26)19-8-4-6-16-5-2-3-7-18(16)19/h2-13H,14H2,1H3,(H,24,28). The van der Waals surface area contributed by atoms with Crippen LogP contribution in [-0.2, 0) is 11.3 Å². The normalized spacial score (nSPS) is 10.7. The van der Waals surface area contributed by atoms with Crippen molar-refractivity contribution in [2.75, 3.05) is 5.32 Å². The Balaban J connectivity index is 1.60. The zero-order valence-corrected chi connectivity index (χ0v) is 16.6. The quantitative estimate of drug-likeness (QED) is 0.393. The van der Waals surface area contributed by atoms with Crippen molar-refractivity contribution in [2.45, 2.75) is 13.5 Å². The summed E-state index contributed by atoms with van der Waals surface area (Å²) in [5.74, 6) is -0.457. The lowest BCUT2D eigenvalue weighted by atomic mass is 10.0. The van der Waals surface area contributed by atoms with Crippen molar-refractivity contribution in [3.63, 3.8) is 0 Å². The fourth-order valence-corrected chi connectivity index (χ4v) is 3.38. The van der Waals surface area contributed by atoms with Crippen molar-refractivity contribution in [3.05, 3.63) is 98.8 Å². The first-order valence-corrected chi connectivity index (χ1v) is 9.53. The van der Waals surface area contributed by atoms with Gasteiger partial charge in [0, 0.05) is 29.4 Å². The number of rotatable bonds is 5. The van der Waals surface area contributed by atoms with Gasteiger partial charge < -0.3 is 5.32 Å². The second-order valence-electron chi connectivity index (χ2n) is 7.05. The predicted molar refractivity (Wildman–Crippen MR) is 118 cm³/mol. The molecule has 0 spiro atoms. The van der Waals surface area contributed by atoms with Crippen LogP contribution in [-0.4, -0.2) is 20.6 Å². The summed E-state index contributed by atoms with van der Waals surface area (Å²) < 4.78 is 1.10. The van der Waals surface area contributed by atoms with Gasteiger partial charge in [0.15, 0.2) is 0 Å². The third-order valence-electron chi connectivity index (χ3n) is 4.92. The molecule has 3 aromatic carbocycles. The van der Waals surface area contributed by atoms with E-state index >= 15 is 0 Å². The molecule has 4 aromatic rings. The highest BCUT2D eigenvalue weighted by molar-refractivity contribution is 5.95. The van der Waals surface area contributed by atoms with Crippen LogP contribution in [0.5, 0.6) is 0 Å². The van der Waals surface area contributed by atoms with Crippen LogP contribution in [0, 0.1) is 17.0 Å². The molecule has 154 valence electrons. The number of carbonyl (C=O) groups excluding carboxylic acids is 1. The zero-order chi connectivity index (χ0) is 22.0. The van der Waals surface area contributed by atoms with Crippen LogP contribution in [0.3, 0.4) is 0 Å². The monoisotopic (exact) mass is 414 g/mol. The van der Waals surface area contributed by atoms with Crippen LogP contribution in [0.25, 0.3) is 22.0 Å². The van der Waals surface area contributed by atoms with Crippen molar-refractivity contribution in [2.24, 2.45) is 0 Å². The number of aryl methyl sites for hydroxylation is 1. The summed E-state index contributed by atoms with van der Waals surface area (Å²) in [6.07, 6.45) is 0. The number of nitrogens with zero attached hydrogens (tertiary/aromatic N) is 3. The van der Waals surface area contributed by atoms with Gasteiger partial charge in [-0.15, -0.1) is 0 Å². The van der Waals surface area contributed by atoms with Gasteiger partial charge in [0.1, 0.15) is 6.54 Å². The largest absolute Gasteiger partial charge is 0.324 e. The highest BCUT2D eigenvalue weighted by Crippen LogP contribution is 2.26. The van der Waals surface area contributed by atoms with Gasteiger partial charge in [0.25, 0.3) is 11.2 Å². The molecule has 1 N–H and O–H groups in total. The van der Waals surface area contributed by atoms with E-state index in [2.05, 4.69) is 10.4 Å². The average Bonchev–Trinajstić information content (AvgIpc) is 2.76. The number of aromatic nitrogens is 2. The van der Waals surface area contributed by atoms with Crippen molar-refractivity contribution in [1.82, 2.24) is 9.78 Å². The maximum atomic E-state index is 12.5. The first kappa shape index (κ1) is 20.0. The Bertz CT molecular complexity index is 1370. The van der Waals surface area contributed by atoms with Gasteiger partial charge in [-0.3, -0.25) is 19.7 Å². The van der Waals surface area contributed by atoms with Crippen molar-refractivity contribution < 1.29 is 9.72 Å². The minimum Gasteiger partial charge on any atom is -0.324 e. The summed E-state index contributed by atoms with van der Waals surface area (Å²) in [4.78, 5) is 35.2. The van der Waals surface area contributed by atoms with Gasteiger partial charge in [0.2, 0.25) is 5.91 Å². The number of benzene rings is 3. The summed E-state index contributed by atoms with van der Waals surface area (Å²) in [6, 6.07) is 20.9. The van der Waals surface area contributed by atoms with E-state index in [1.165, 1.54) is 24.3 Å². The minimum atomic E-state index is -0.499. The van der Waals surface area contributed by atoms with Gasteiger partial charge in [-0.2, -0.15) is 5.10 Å². The smallest absolute Gasteiger partial charge is 0.269 e. The number of carbonyl (C=O) groups is 1. The van der Waals surface area contributed by atoms with Gasteiger partial charge >= 0.3 is 0 Å². The van der Waals surface area contributed by atoms with E-state index in [0.29, 0.717) is 16.9 Å². The Kier molecular flexibility index (Phi) is 5.28. The molecule has 0 radical (unpaired) electrons. The van der Waals surface area contributed by atoms with Crippen molar-refractivity contribution in [1.29, 1.82) is 0 Å². The number of fused-ring (bicyclic) bond motifs is 1. The van der Waals surface area contributed by atoms with Crippen LogP contribution in [0.2, 0.25) is 0 Å². The zero-order valence-electron chi connectivity index (χ0n) is 16.6. The first-order valence-electron chi connectivity index (χ1n) is 9.53. The third-order valence-corrected chi connectivity index (χ3v) is 4.92. The topological polar surface area (TPSA) is 107 Å². The number of non-ortho nitro benzene ring substituents is 1. The minimum absolute atomic E-state index is 0.0591. The molecule has 8 heteroatoms. The molecule has 0 saturated carbocycles. The van der Waals surface area contributed by atoms with E-state index in [1.54, 1.807) is 13.0 Å². The predicted octanol–water partition coefficient (Wildman–Crippen LogP) is 3.92. The maximum Gasteiger partial charge on any atom is 0.269 e. The molecule has 8 nitrogen and oxygen atoms in total. The number of amides is 1. The number of anilines is 1. The molecule has 0 atom stereocenters. The van der Waals surface area contributed by atoms with E-state index in [1.807, 2.05) is 42.5 Å². The molecule has 1 aromatic heterocycles. The van der Waals surface area contributed by atoms with Crippen LogP contribution >= 0.6 is 0 Å². The molecule has 0 saturated heterocycles. The Morgan fingerprint density at radius 1 is 1.06 bits per heavy atom. The molecule has 0 unspecified atom stereocenters. The number of hydrogen-bond acceptors (Lipinski definition) is 5. The Morgan fingerprint density at radius 3 is 2.61 bits per heavy atom. The van der Waals surface area contributed by atoms with Crippen LogP contribution in [0.4, 0.5) is 11.4 Å². The van der Waals surface area contributed by atoms with E-state index in [-0.39, 0.29) is 12.2 Å². The average molecular weight is 414 g/mol. The van der Waals surface area contributed by atoms with Crippen molar-refractivity contribution in [3.8, 4) is 11.3 Å². The third kappa shape index (κ3) is 4.18. The highest BCUT2D eigenvalue weighted by atomic mass is 16.6. The summed E-state index contributed by atoms with van der Waals surface area (Å²) in [6.45, 7) is 1.38. The SMILES string of the molecule is Cc1cc([N+](=O)[O-])ccc1NC(=O)Cn1nc(-c2cccc3ccccc23)ccc1=O. The lowest BCUT2D eigenvalue weighted by Crippen LogP contribution is -2.29. The highest BCUT2D eigenvalue weighted by Gasteiger charge is 2.13. The fraction of sp³-hybridized carbons (Fsp3) is 0.0870. The fourth-order valence-electron chi connectivity index (χ4n) is 3.38. The number of nitro benzene ring substituents is 1. The summed E-state index contributed by atoms with van der Waals surface area (Å²) >= 11 is 0. The molecule has 0 aliphatic rings. The molecule has 0 aliphatic heterocycles. The molecule has 0 fully saturated rings. The van der Waals surface area contributed by atoms with E-state index in [0.717, 1.165) is 21.0 Å². The Labute approximate surface area is 176 Å². The Hall–Kier alpha value is -4.33. The van der Waals surface area contributed by atoms with Gasteiger partial charge in [0.05, 0.1) is 10.6 Å².